The number of anilines is 1. The molecule has 0 spiro atoms. The van der Waals surface area contributed by atoms with Crippen LogP contribution < -0.4 is 19.5 Å². The summed E-state index contributed by atoms with van der Waals surface area (Å²) in [6.45, 7) is 2.64. The van der Waals surface area contributed by atoms with Gasteiger partial charge in [-0.25, -0.2) is 14.4 Å². The number of methoxy groups -OCH3 is 1. The standard InChI is InChI=1S/C23H23ClFN7O4S/c1-12-20-22(31-30-12)28-21(29-23(20)36-18-6-7-26-11-16(18)25)13-3-4-17(15(24)9-13)32-37(33,34)19-10-14(35-2)5-8-27-19/h3-5,8-10,16,18,26,32H,6-7,11H2,1-2H3,(H,28,29,30,31)/t16-,18+/m0/s1. The number of pyridine rings is 1. The molecule has 194 valence electrons. The fraction of sp³-hybridized carbons (Fsp3) is 0.304. The minimum absolute atomic E-state index is 0.107. The lowest BCUT2D eigenvalue weighted by Gasteiger charge is -2.27. The van der Waals surface area contributed by atoms with Crippen molar-refractivity contribution in [2.75, 3.05) is 24.9 Å². The maximum Gasteiger partial charge on any atom is 0.279 e. The molecule has 14 heteroatoms. The predicted molar refractivity (Wildman–Crippen MR) is 135 cm³/mol. The lowest BCUT2D eigenvalue weighted by molar-refractivity contribution is 0.0707. The Bertz CT molecular complexity index is 1570. The van der Waals surface area contributed by atoms with Crippen LogP contribution >= 0.6 is 11.6 Å². The van der Waals surface area contributed by atoms with E-state index in [9.17, 15) is 12.8 Å². The number of halogens is 2. The number of ether oxygens (including phenoxy) is 2. The van der Waals surface area contributed by atoms with Gasteiger partial charge >= 0.3 is 0 Å². The summed E-state index contributed by atoms with van der Waals surface area (Å²) in [5.74, 6) is 0.800. The fourth-order valence-corrected chi connectivity index (χ4v) is 5.24. The van der Waals surface area contributed by atoms with Crippen LogP contribution in [0.1, 0.15) is 12.1 Å². The molecule has 2 atom stereocenters. The third-order valence-electron chi connectivity index (χ3n) is 5.86. The average molecular weight is 548 g/mol. The molecule has 0 aliphatic carbocycles. The molecule has 0 unspecified atom stereocenters. The molecule has 0 bridgehead atoms. The molecule has 5 rings (SSSR count). The molecule has 1 saturated heterocycles. The van der Waals surface area contributed by atoms with E-state index in [0.29, 0.717) is 41.0 Å². The van der Waals surface area contributed by atoms with Gasteiger partial charge in [0, 0.05) is 30.1 Å². The zero-order valence-electron chi connectivity index (χ0n) is 19.8. The number of sulfonamides is 1. The Morgan fingerprint density at radius 2 is 2.05 bits per heavy atom. The van der Waals surface area contributed by atoms with E-state index < -0.39 is 22.3 Å². The van der Waals surface area contributed by atoms with Gasteiger partial charge in [-0.05, 0) is 44.2 Å². The van der Waals surface area contributed by atoms with Crippen molar-refractivity contribution in [3.63, 3.8) is 0 Å². The number of H-pyrrole nitrogens is 1. The van der Waals surface area contributed by atoms with Crippen molar-refractivity contribution in [1.82, 2.24) is 30.5 Å². The Morgan fingerprint density at radius 1 is 1.22 bits per heavy atom. The Hall–Kier alpha value is -3.55. The van der Waals surface area contributed by atoms with Crippen LogP contribution in [-0.4, -0.2) is 66.0 Å². The van der Waals surface area contributed by atoms with E-state index in [1.165, 1.54) is 37.6 Å². The highest BCUT2D eigenvalue weighted by atomic mass is 35.5. The number of aromatic amines is 1. The highest BCUT2D eigenvalue weighted by Gasteiger charge is 2.28. The zero-order valence-corrected chi connectivity index (χ0v) is 21.4. The number of fused-ring (bicyclic) bond motifs is 1. The average Bonchev–Trinajstić information content (AvgIpc) is 3.27. The highest BCUT2D eigenvalue weighted by molar-refractivity contribution is 7.92. The molecule has 37 heavy (non-hydrogen) atoms. The monoisotopic (exact) mass is 547 g/mol. The van der Waals surface area contributed by atoms with E-state index in [2.05, 4.69) is 35.2 Å². The maximum absolute atomic E-state index is 14.4. The first-order chi connectivity index (χ1) is 17.7. The summed E-state index contributed by atoms with van der Waals surface area (Å²) in [4.78, 5) is 12.9. The predicted octanol–water partition coefficient (Wildman–Crippen LogP) is 3.26. The van der Waals surface area contributed by atoms with Gasteiger partial charge < -0.3 is 14.8 Å². The van der Waals surface area contributed by atoms with Crippen molar-refractivity contribution in [2.24, 2.45) is 0 Å². The van der Waals surface area contributed by atoms with Crippen LogP contribution in [0.2, 0.25) is 5.02 Å². The number of benzene rings is 1. The fourth-order valence-electron chi connectivity index (χ4n) is 3.92. The molecule has 11 nitrogen and oxygen atoms in total. The largest absolute Gasteiger partial charge is 0.497 e. The second-order valence-electron chi connectivity index (χ2n) is 8.40. The summed E-state index contributed by atoms with van der Waals surface area (Å²) < 4.78 is 53.6. The van der Waals surface area contributed by atoms with Crippen LogP contribution in [0.5, 0.6) is 11.6 Å². The highest BCUT2D eigenvalue weighted by Crippen LogP contribution is 2.33. The quantitative estimate of drug-likeness (QED) is 0.317. The Morgan fingerprint density at radius 3 is 2.81 bits per heavy atom. The molecule has 1 aliphatic heterocycles. The van der Waals surface area contributed by atoms with Gasteiger partial charge in [-0.1, -0.05) is 11.6 Å². The minimum Gasteiger partial charge on any atom is -0.497 e. The van der Waals surface area contributed by atoms with E-state index in [1.807, 2.05) is 0 Å². The van der Waals surface area contributed by atoms with Gasteiger partial charge in [-0.15, -0.1) is 0 Å². The number of hydrogen-bond acceptors (Lipinski definition) is 9. The molecule has 0 amide bonds. The van der Waals surface area contributed by atoms with Gasteiger partial charge in [0.25, 0.3) is 10.0 Å². The van der Waals surface area contributed by atoms with Crippen molar-refractivity contribution in [3.8, 4) is 23.0 Å². The molecular formula is C23H23ClFN7O4S. The van der Waals surface area contributed by atoms with Gasteiger partial charge in [0.1, 0.15) is 23.4 Å². The summed E-state index contributed by atoms with van der Waals surface area (Å²) in [5, 5.41) is 10.5. The van der Waals surface area contributed by atoms with Crippen LogP contribution in [0.25, 0.3) is 22.4 Å². The lowest BCUT2D eigenvalue weighted by Crippen LogP contribution is -2.44. The number of aryl methyl sites for hydroxylation is 1. The molecule has 0 radical (unpaired) electrons. The summed E-state index contributed by atoms with van der Waals surface area (Å²) in [6, 6.07) is 7.45. The first kappa shape index (κ1) is 25.1. The van der Waals surface area contributed by atoms with Gasteiger partial charge in [0.2, 0.25) is 5.88 Å². The number of hydrogen-bond donors (Lipinski definition) is 3. The first-order valence-electron chi connectivity index (χ1n) is 11.3. The van der Waals surface area contributed by atoms with Crippen LogP contribution in [0, 0.1) is 6.92 Å². The van der Waals surface area contributed by atoms with Gasteiger partial charge in [0.15, 0.2) is 16.5 Å². The number of piperidine rings is 1. The molecule has 1 fully saturated rings. The van der Waals surface area contributed by atoms with Gasteiger partial charge in [0.05, 0.1) is 17.8 Å². The number of aromatic nitrogens is 5. The second kappa shape index (κ2) is 10.1. The van der Waals surface area contributed by atoms with E-state index in [1.54, 1.807) is 13.0 Å². The third-order valence-corrected chi connectivity index (χ3v) is 7.44. The number of nitrogens with zero attached hydrogens (tertiary/aromatic N) is 4. The van der Waals surface area contributed by atoms with Crippen molar-refractivity contribution in [3.05, 3.63) is 47.2 Å². The third kappa shape index (κ3) is 5.15. The topological polar surface area (TPSA) is 144 Å². The zero-order chi connectivity index (χ0) is 26.2. The molecule has 1 aliphatic rings. The van der Waals surface area contributed by atoms with Crippen molar-refractivity contribution in [2.45, 2.75) is 30.6 Å². The molecule has 4 heterocycles. The van der Waals surface area contributed by atoms with Crippen molar-refractivity contribution < 1.29 is 22.3 Å². The van der Waals surface area contributed by atoms with Gasteiger partial charge in [-0.2, -0.15) is 18.5 Å². The molecule has 1 aromatic carbocycles. The van der Waals surface area contributed by atoms with Crippen LogP contribution in [-0.2, 0) is 10.0 Å². The smallest absolute Gasteiger partial charge is 0.279 e. The van der Waals surface area contributed by atoms with E-state index in [-0.39, 0.29) is 34.0 Å². The molecule has 4 aromatic rings. The Balaban J connectivity index is 1.46. The molecule has 3 N–H and O–H groups in total. The number of nitrogens with one attached hydrogen (secondary N) is 3. The number of alkyl halides is 1. The summed E-state index contributed by atoms with van der Waals surface area (Å²) >= 11 is 6.43. The summed E-state index contributed by atoms with van der Waals surface area (Å²) in [5.41, 5.74) is 1.67. The molecule has 3 aromatic heterocycles. The lowest BCUT2D eigenvalue weighted by atomic mass is 10.1. The molecule has 0 saturated carbocycles. The van der Waals surface area contributed by atoms with Crippen LogP contribution in [0.4, 0.5) is 10.1 Å². The van der Waals surface area contributed by atoms with E-state index in [0.717, 1.165) is 0 Å². The Labute approximate surface area is 216 Å². The SMILES string of the molecule is COc1ccnc(S(=O)(=O)Nc2ccc(-c3nc(O[C@@H]4CCNC[C@@H]4F)c4c(C)[nH]nc4n3)cc2Cl)c1. The number of rotatable bonds is 7. The first-order valence-corrected chi connectivity index (χ1v) is 13.2. The minimum atomic E-state index is -4.03. The maximum atomic E-state index is 14.4. The normalized spacial score (nSPS) is 18.1. The van der Waals surface area contributed by atoms with Gasteiger partial charge in [-0.3, -0.25) is 9.82 Å². The Kier molecular flexibility index (Phi) is 6.84. The molecular weight excluding hydrogens is 525 g/mol. The second-order valence-corrected chi connectivity index (χ2v) is 10.4. The van der Waals surface area contributed by atoms with Crippen LogP contribution in [0.15, 0.2) is 41.6 Å². The summed E-state index contributed by atoms with van der Waals surface area (Å²) in [7, 11) is -2.60. The van der Waals surface area contributed by atoms with Crippen molar-refractivity contribution >= 4 is 38.3 Å². The van der Waals surface area contributed by atoms with E-state index >= 15 is 0 Å². The van der Waals surface area contributed by atoms with E-state index in [4.69, 9.17) is 21.1 Å². The van der Waals surface area contributed by atoms with Crippen molar-refractivity contribution in [1.29, 1.82) is 0 Å². The summed E-state index contributed by atoms with van der Waals surface area (Å²) in [6.07, 6.45) is -0.0269. The van der Waals surface area contributed by atoms with Crippen LogP contribution in [0.3, 0.4) is 0 Å².